The van der Waals surface area contributed by atoms with Gasteiger partial charge in [0.15, 0.2) is 0 Å². The van der Waals surface area contributed by atoms with E-state index in [2.05, 4.69) is 5.32 Å². The average molecular weight is 252 g/mol. The number of halogens is 1. The molecule has 6 heteroatoms. The van der Waals surface area contributed by atoms with Crippen LogP contribution in [0.1, 0.15) is 23.7 Å². The smallest absolute Gasteiger partial charge is 0.270 e. The second-order valence-electron chi connectivity index (χ2n) is 3.53. The van der Waals surface area contributed by atoms with Gasteiger partial charge in [-0.05, 0) is 19.4 Å². The molecule has 0 bridgehead atoms. The van der Waals surface area contributed by atoms with Gasteiger partial charge in [-0.3, -0.25) is 14.9 Å². The average Bonchev–Trinajstić information content (AvgIpc) is 2.34. The minimum atomic E-state index is -0.774. The zero-order chi connectivity index (χ0) is 13.5. The van der Waals surface area contributed by atoms with Crippen LogP contribution >= 0.6 is 0 Å². The molecule has 1 rings (SSSR count). The summed E-state index contributed by atoms with van der Waals surface area (Å²) in [6.45, 7) is 2.20. The van der Waals surface area contributed by atoms with Crippen molar-refractivity contribution >= 4 is 11.6 Å². The summed E-state index contributed by atoms with van der Waals surface area (Å²) < 4.78 is 13.4. The fraction of sp³-hybridized carbons (Fsp3) is 0.250. The quantitative estimate of drug-likeness (QED) is 0.378. The summed E-state index contributed by atoms with van der Waals surface area (Å²) in [4.78, 5) is 21.5. The van der Waals surface area contributed by atoms with Gasteiger partial charge >= 0.3 is 0 Å². The molecule has 0 spiro atoms. The highest BCUT2D eigenvalue weighted by atomic mass is 19.1. The predicted molar refractivity (Wildman–Crippen MR) is 64.8 cm³/mol. The van der Waals surface area contributed by atoms with Crippen molar-refractivity contribution in [1.29, 1.82) is 0 Å². The molecular formula is C12H13FN2O3. The van der Waals surface area contributed by atoms with Crippen molar-refractivity contribution < 1.29 is 14.1 Å². The van der Waals surface area contributed by atoms with E-state index in [0.29, 0.717) is 13.0 Å². The Labute approximate surface area is 103 Å². The second-order valence-corrected chi connectivity index (χ2v) is 3.53. The zero-order valence-electron chi connectivity index (χ0n) is 9.85. The molecule has 1 aromatic rings. The van der Waals surface area contributed by atoms with Gasteiger partial charge in [0.1, 0.15) is 5.82 Å². The number of nitro benzene ring substituents is 1. The van der Waals surface area contributed by atoms with Crippen LogP contribution in [0.4, 0.5) is 10.1 Å². The number of hydrogen-bond acceptors (Lipinski definition) is 3. The van der Waals surface area contributed by atoms with Crippen molar-refractivity contribution in [3.05, 3.63) is 51.8 Å². The predicted octanol–water partition coefficient (Wildman–Crippen LogP) is 2.43. The van der Waals surface area contributed by atoms with Gasteiger partial charge in [0.05, 0.1) is 10.5 Å². The first-order chi connectivity index (χ1) is 8.56. The largest absolute Gasteiger partial charge is 0.352 e. The van der Waals surface area contributed by atoms with Crippen LogP contribution in [0.25, 0.3) is 0 Å². The summed E-state index contributed by atoms with van der Waals surface area (Å²) in [5, 5.41) is 13.0. The third-order valence-electron chi connectivity index (χ3n) is 2.24. The van der Waals surface area contributed by atoms with E-state index in [4.69, 9.17) is 0 Å². The van der Waals surface area contributed by atoms with Crippen LogP contribution in [-0.4, -0.2) is 17.4 Å². The van der Waals surface area contributed by atoms with Crippen molar-refractivity contribution in [3.63, 3.8) is 0 Å². The highest BCUT2D eigenvalue weighted by Gasteiger charge is 2.16. The number of carbonyl (C=O) groups excluding carboxylic acids is 1. The summed E-state index contributed by atoms with van der Waals surface area (Å²) in [6, 6.07) is 2.87. The number of hydrogen-bond donors (Lipinski definition) is 1. The number of nitrogens with one attached hydrogen (secondary N) is 1. The lowest BCUT2D eigenvalue weighted by Gasteiger charge is -2.04. The van der Waals surface area contributed by atoms with Gasteiger partial charge in [-0.25, -0.2) is 4.39 Å². The number of allylic oxidation sites excluding steroid dienone is 1. The van der Waals surface area contributed by atoms with E-state index < -0.39 is 16.6 Å². The Hall–Kier alpha value is -2.24. The third-order valence-corrected chi connectivity index (χ3v) is 2.24. The molecule has 5 nitrogen and oxygen atoms in total. The standard InChI is InChI=1S/C12H13FN2O3/c1-2-3-4-7-14-12(16)10-8-9(15(17)18)5-6-11(10)13/h2-3,5-6,8H,4,7H2,1H3,(H,14,16)/b3-2+. The van der Waals surface area contributed by atoms with E-state index in [1.807, 2.05) is 19.1 Å². The molecule has 0 fully saturated rings. The molecular weight excluding hydrogens is 239 g/mol. The number of benzene rings is 1. The zero-order valence-corrected chi connectivity index (χ0v) is 9.85. The Morgan fingerprint density at radius 2 is 2.28 bits per heavy atom. The molecule has 0 aliphatic carbocycles. The molecule has 0 heterocycles. The van der Waals surface area contributed by atoms with Gasteiger partial charge in [0, 0.05) is 18.7 Å². The summed E-state index contributed by atoms with van der Waals surface area (Å²) in [5.74, 6) is -1.43. The molecule has 0 atom stereocenters. The first-order valence-electron chi connectivity index (χ1n) is 5.39. The fourth-order valence-electron chi connectivity index (χ4n) is 1.33. The molecule has 0 aliphatic heterocycles. The molecule has 18 heavy (non-hydrogen) atoms. The Morgan fingerprint density at radius 1 is 1.56 bits per heavy atom. The Balaban J connectivity index is 2.78. The summed E-state index contributed by atoms with van der Waals surface area (Å²) in [6.07, 6.45) is 4.31. The number of nitro groups is 1. The van der Waals surface area contributed by atoms with Gasteiger partial charge in [0.25, 0.3) is 11.6 Å². The van der Waals surface area contributed by atoms with E-state index in [1.165, 1.54) is 0 Å². The van der Waals surface area contributed by atoms with Crippen molar-refractivity contribution in [1.82, 2.24) is 5.32 Å². The van der Waals surface area contributed by atoms with E-state index in [9.17, 15) is 19.3 Å². The van der Waals surface area contributed by atoms with Crippen LogP contribution in [0, 0.1) is 15.9 Å². The Bertz CT molecular complexity index is 486. The lowest BCUT2D eigenvalue weighted by atomic mass is 10.1. The van der Waals surface area contributed by atoms with Gasteiger partial charge in [-0.15, -0.1) is 0 Å². The molecule has 1 aromatic carbocycles. The van der Waals surface area contributed by atoms with Crippen LogP contribution < -0.4 is 5.32 Å². The van der Waals surface area contributed by atoms with Gasteiger partial charge < -0.3 is 5.32 Å². The highest BCUT2D eigenvalue weighted by Crippen LogP contribution is 2.16. The van der Waals surface area contributed by atoms with Crippen molar-refractivity contribution in [2.75, 3.05) is 6.54 Å². The minimum Gasteiger partial charge on any atom is -0.352 e. The minimum absolute atomic E-state index is 0.310. The monoisotopic (exact) mass is 252 g/mol. The molecule has 0 unspecified atom stereocenters. The summed E-state index contributed by atoms with van der Waals surface area (Å²) >= 11 is 0. The number of nitrogens with zero attached hydrogens (tertiary/aromatic N) is 1. The number of carbonyl (C=O) groups is 1. The Morgan fingerprint density at radius 3 is 2.89 bits per heavy atom. The van der Waals surface area contributed by atoms with E-state index in [1.54, 1.807) is 0 Å². The normalized spacial score (nSPS) is 10.6. The number of rotatable bonds is 5. The number of non-ortho nitro benzene ring substituents is 1. The van der Waals surface area contributed by atoms with Crippen LogP contribution in [0.3, 0.4) is 0 Å². The first kappa shape index (κ1) is 13.8. The van der Waals surface area contributed by atoms with Crippen LogP contribution in [0.15, 0.2) is 30.4 Å². The maximum absolute atomic E-state index is 13.4. The second kappa shape index (κ2) is 6.48. The summed E-state index contributed by atoms with van der Waals surface area (Å²) in [5.41, 5.74) is -0.625. The topological polar surface area (TPSA) is 72.2 Å². The van der Waals surface area contributed by atoms with Gasteiger partial charge in [-0.1, -0.05) is 12.2 Å². The van der Waals surface area contributed by atoms with Crippen molar-refractivity contribution in [2.24, 2.45) is 0 Å². The molecule has 0 radical (unpaired) electrons. The van der Waals surface area contributed by atoms with Crippen molar-refractivity contribution in [3.8, 4) is 0 Å². The van der Waals surface area contributed by atoms with Crippen LogP contribution in [0.2, 0.25) is 0 Å². The molecule has 0 saturated carbocycles. The van der Waals surface area contributed by atoms with Crippen molar-refractivity contribution in [2.45, 2.75) is 13.3 Å². The van der Waals surface area contributed by atoms with E-state index in [-0.39, 0.29) is 11.3 Å². The molecule has 0 saturated heterocycles. The number of amides is 1. The molecule has 96 valence electrons. The lowest BCUT2D eigenvalue weighted by molar-refractivity contribution is -0.384. The molecule has 1 amide bonds. The Kier molecular flexibility index (Phi) is 4.98. The van der Waals surface area contributed by atoms with Gasteiger partial charge in [-0.2, -0.15) is 0 Å². The highest BCUT2D eigenvalue weighted by molar-refractivity contribution is 5.95. The summed E-state index contributed by atoms with van der Waals surface area (Å²) in [7, 11) is 0. The van der Waals surface area contributed by atoms with E-state index in [0.717, 1.165) is 18.2 Å². The maximum Gasteiger partial charge on any atom is 0.270 e. The maximum atomic E-state index is 13.4. The molecule has 0 aliphatic rings. The van der Waals surface area contributed by atoms with Crippen LogP contribution in [0.5, 0.6) is 0 Å². The van der Waals surface area contributed by atoms with E-state index >= 15 is 0 Å². The fourth-order valence-corrected chi connectivity index (χ4v) is 1.33. The third kappa shape index (κ3) is 3.65. The molecule has 1 N–H and O–H groups in total. The SMILES string of the molecule is C/C=C/CCNC(=O)c1cc([N+](=O)[O-])ccc1F. The lowest BCUT2D eigenvalue weighted by Crippen LogP contribution is -2.25. The first-order valence-corrected chi connectivity index (χ1v) is 5.39. The molecule has 0 aromatic heterocycles. The van der Waals surface area contributed by atoms with Crippen LogP contribution in [-0.2, 0) is 0 Å². The van der Waals surface area contributed by atoms with Gasteiger partial charge in [0.2, 0.25) is 0 Å².